The average molecular weight is 416 g/mol. The molecule has 27 heavy (non-hydrogen) atoms. The first-order chi connectivity index (χ1) is 12.9. The van der Waals surface area contributed by atoms with Crippen molar-refractivity contribution in [2.75, 3.05) is 6.54 Å². The van der Waals surface area contributed by atoms with Gasteiger partial charge >= 0.3 is 0 Å². The Morgan fingerprint density at radius 2 is 1.41 bits per heavy atom. The van der Waals surface area contributed by atoms with E-state index in [1.165, 1.54) is 57.1 Å². The predicted octanol–water partition coefficient (Wildman–Crippen LogP) is 5.37. The normalized spacial score (nSPS) is 12.9. The van der Waals surface area contributed by atoms with Gasteiger partial charge in [0.25, 0.3) is 5.24 Å². The number of carbonyl (C=O) groups is 1. The zero-order chi connectivity index (χ0) is 20.1. The lowest BCUT2D eigenvalue weighted by atomic mass is 10.1. The molecule has 0 radical (unpaired) electrons. The molecule has 1 atom stereocenters. The number of sulfone groups is 1. The Morgan fingerprint density at radius 1 is 0.926 bits per heavy atom. The van der Waals surface area contributed by atoms with Crippen LogP contribution in [0.2, 0.25) is 0 Å². The smallest absolute Gasteiger partial charge is 0.254 e. The number of halogens is 1. The van der Waals surface area contributed by atoms with E-state index in [4.69, 9.17) is 11.6 Å². The molecule has 1 aromatic rings. The van der Waals surface area contributed by atoms with Crippen molar-refractivity contribution in [3.8, 4) is 0 Å². The molecule has 1 unspecified atom stereocenters. The summed E-state index contributed by atoms with van der Waals surface area (Å²) in [6, 6.07) is 6.45. The molecule has 1 aromatic carbocycles. The summed E-state index contributed by atoms with van der Waals surface area (Å²) in [4.78, 5) is 11.8. The van der Waals surface area contributed by atoms with Gasteiger partial charge in [-0.25, -0.2) is 8.42 Å². The molecule has 0 heterocycles. The first-order valence-electron chi connectivity index (χ1n) is 10.1. The second-order valence-electron chi connectivity index (χ2n) is 7.18. The van der Waals surface area contributed by atoms with E-state index >= 15 is 0 Å². The number of benzene rings is 1. The van der Waals surface area contributed by atoms with Gasteiger partial charge in [0.1, 0.15) is 0 Å². The van der Waals surface area contributed by atoms with Crippen LogP contribution in [0.1, 0.15) is 76.7 Å². The van der Waals surface area contributed by atoms with E-state index in [0.29, 0.717) is 6.54 Å². The molecule has 0 amide bonds. The summed E-state index contributed by atoms with van der Waals surface area (Å²) < 4.78 is 25.3. The third kappa shape index (κ3) is 9.22. The number of nitrogens with one attached hydrogen (secondary N) is 1. The SMILES string of the molecule is CCCCCCCCCCCCNC(C(=O)Cl)S(=O)(=O)c1ccc(C)cc1. The Morgan fingerprint density at radius 3 is 1.89 bits per heavy atom. The zero-order valence-corrected chi connectivity index (χ0v) is 18.2. The fourth-order valence-corrected chi connectivity index (χ4v) is 4.82. The fraction of sp³-hybridized carbons (Fsp3) is 0.667. The molecular weight excluding hydrogens is 382 g/mol. The van der Waals surface area contributed by atoms with Gasteiger partial charge in [-0.2, -0.15) is 0 Å². The van der Waals surface area contributed by atoms with Crippen molar-refractivity contribution >= 4 is 26.7 Å². The van der Waals surface area contributed by atoms with Gasteiger partial charge in [-0.15, -0.1) is 0 Å². The summed E-state index contributed by atoms with van der Waals surface area (Å²) in [5.41, 5.74) is 0.959. The summed E-state index contributed by atoms with van der Waals surface area (Å²) >= 11 is 5.56. The Bertz CT molecular complexity index is 644. The van der Waals surface area contributed by atoms with Crippen LogP contribution in [0.15, 0.2) is 29.2 Å². The van der Waals surface area contributed by atoms with Gasteiger partial charge in [0.15, 0.2) is 5.37 Å². The van der Waals surface area contributed by atoms with Gasteiger partial charge in [0.2, 0.25) is 9.84 Å². The second kappa shape index (κ2) is 13.3. The molecule has 6 heteroatoms. The molecule has 0 aliphatic carbocycles. The zero-order valence-electron chi connectivity index (χ0n) is 16.7. The van der Waals surface area contributed by atoms with Gasteiger partial charge in [-0.05, 0) is 43.6 Å². The van der Waals surface area contributed by atoms with Gasteiger partial charge in [0, 0.05) is 0 Å². The minimum Gasteiger partial charge on any atom is -0.293 e. The standard InChI is InChI=1S/C21H34ClNO3S/c1-3-4-5-6-7-8-9-10-11-12-17-23-21(20(22)24)27(25,26)19-15-13-18(2)14-16-19/h13-16,21,23H,3-12,17H2,1-2H3. The summed E-state index contributed by atoms with van der Waals surface area (Å²) in [5.74, 6) is 0. The molecule has 0 saturated heterocycles. The first-order valence-corrected chi connectivity index (χ1v) is 12.0. The molecule has 0 aliphatic heterocycles. The number of hydrogen-bond donors (Lipinski definition) is 1. The molecule has 1 N–H and O–H groups in total. The van der Waals surface area contributed by atoms with E-state index in [0.717, 1.165) is 24.8 Å². The van der Waals surface area contributed by atoms with Crippen molar-refractivity contribution < 1.29 is 13.2 Å². The van der Waals surface area contributed by atoms with E-state index < -0.39 is 20.5 Å². The molecule has 154 valence electrons. The summed E-state index contributed by atoms with van der Waals surface area (Å²) in [6.45, 7) is 4.57. The summed E-state index contributed by atoms with van der Waals surface area (Å²) in [6.07, 6.45) is 12.0. The Kier molecular flexibility index (Phi) is 11.9. The highest BCUT2D eigenvalue weighted by atomic mass is 35.5. The third-order valence-corrected chi connectivity index (χ3v) is 7.00. The Balaban J connectivity index is 2.31. The average Bonchev–Trinajstić information content (AvgIpc) is 2.62. The highest BCUT2D eigenvalue weighted by molar-refractivity contribution is 7.93. The maximum absolute atomic E-state index is 12.6. The molecule has 0 fully saturated rings. The minimum absolute atomic E-state index is 0.114. The number of carbonyl (C=O) groups excluding carboxylic acids is 1. The largest absolute Gasteiger partial charge is 0.293 e. The van der Waals surface area contributed by atoms with Crippen LogP contribution >= 0.6 is 11.6 Å². The van der Waals surface area contributed by atoms with Crippen molar-refractivity contribution in [1.82, 2.24) is 5.32 Å². The number of aryl methyl sites for hydroxylation is 1. The van der Waals surface area contributed by atoms with E-state index in [9.17, 15) is 13.2 Å². The number of unbranched alkanes of at least 4 members (excludes halogenated alkanes) is 9. The molecular formula is C21H34ClNO3S. The minimum atomic E-state index is -3.82. The van der Waals surface area contributed by atoms with Gasteiger partial charge in [-0.3, -0.25) is 10.1 Å². The molecule has 0 spiro atoms. The van der Waals surface area contributed by atoms with Gasteiger partial charge in [-0.1, -0.05) is 82.4 Å². The quantitative estimate of drug-likeness (QED) is 0.309. The van der Waals surface area contributed by atoms with E-state index in [2.05, 4.69) is 12.2 Å². The van der Waals surface area contributed by atoms with Crippen molar-refractivity contribution in [2.45, 2.75) is 88.3 Å². The highest BCUT2D eigenvalue weighted by Crippen LogP contribution is 2.17. The second-order valence-corrected chi connectivity index (χ2v) is 9.58. The molecule has 4 nitrogen and oxygen atoms in total. The summed E-state index contributed by atoms with van der Waals surface area (Å²) in [7, 11) is -3.82. The third-order valence-electron chi connectivity index (χ3n) is 4.73. The molecule has 0 saturated carbocycles. The van der Waals surface area contributed by atoms with Crippen molar-refractivity contribution in [3.05, 3.63) is 29.8 Å². The van der Waals surface area contributed by atoms with Crippen LogP contribution in [-0.2, 0) is 14.6 Å². The van der Waals surface area contributed by atoms with Crippen LogP contribution in [0.25, 0.3) is 0 Å². The van der Waals surface area contributed by atoms with Crippen LogP contribution in [-0.4, -0.2) is 25.6 Å². The first kappa shape index (κ1) is 24.1. The predicted molar refractivity (Wildman–Crippen MR) is 113 cm³/mol. The molecule has 0 aliphatic rings. The van der Waals surface area contributed by atoms with Gasteiger partial charge < -0.3 is 0 Å². The molecule has 0 bridgehead atoms. The van der Waals surface area contributed by atoms with E-state index in [1.807, 2.05) is 6.92 Å². The maximum atomic E-state index is 12.6. The highest BCUT2D eigenvalue weighted by Gasteiger charge is 2.32. The van der Waals surface area contributed by atoms with E-state index in [-0.39, 0.29) is 4.90 Å². The van der Waals surface area contributed by atoms with Crippen LogP contribution < -0.4 is 5.32 Å². The lowest BCUT2D eigenvalue weighted by Gasteiger charge is -2.16. The van der Waals surface area contributed by atoms with Gasteiger partial charge in [0.05, 0.1) is 4.90 Å². The monoisotopic (exact) mass is 415 g/mol. The summed E-state index contributed by atoms with van der Waals surface area (Å²) in [5, 5.41) is 0.553. The Hall–Kier alpha value is -0.910. The van der Waals surface area contributed by atoms with Crippen molar-refractivity contribution in [2.24, 2.45) is 0 Å². The maximum Gasteiger partial charge on any atom is 0.254 e. The fourth-order valence-electron chi connectivity index (χ4n) is 3.02. The van der Waals surface area contributed by atoms with Crippen molar-refractivity contribution in [1.29, 1.82) is 0 Å². The Labute approximate surface area is 170 Å². The van der Waals surface area contributed by atoms with Crippen molar-refractivity contribution in [3.63, 3.8) is 0 Å². The van der Waals surface area contributed by atoms with E-state index in [1.54, 1.807) is 12.1 Å². The lowest BCUT2D eigenvalue weighted by molar-refractivity contribution is -0.111. The van der Waals surface area contributed by atoms with Crippen LogP contribution in [0.4, 0.5) is 0 Å². The molecule has 0 aromatic heterocycles. The van der Waals surface area contributed by atoms with Crippen LogP contribution in [0.5, 0.6) is 0 Å². The van der Waals surface area contributed by atoms with Crippen LogP contribution in [0.3, 0.4) is 0 Å². The number of rotatable bonds is 15. The number of hydrogen-bond acceptors (Lipinski definition) is 4. The molecule has 1 rings (SSSR count). The lowest BCUT2D eigenvalue weighted by Crippen LogP contribution is -2.41. The van der Waals surface area contributed by atoms with Crippen LogP contribution in [0, 0.1) is 6.92 Å². The topological polar surface area (TPSA) is 63.2 Å².